The Kier molecular flexibility index (Phi) is 5.72. The summed E-state index contributed by atoms with van der Waals surface area (Å²) < 4.78 is 18.4. The van der Waals surface area contributed by atoms with Crippen LogP contribution in [0.1, 0.15) is 21.3 Å². The van der Waals surface area contributed by atoms with Crippen molar-refractivity contribution in [1.82, 2.24) is 0 Å². The number of carbonyl (C=O) groups is 2. The Hall–Kier alpha value is -3.32. The predicted molar refractivity (Wildman–Crippen MR) is 116 cm³/mol. The Labute approximate surface area is 177 Å². The van der Waals surface area contributed by atoms with E-state index in [0.29, 0.717) is 28.4 Å². The Morgan fingerprint density at radius 2 is 1.70 bits per heavy atom. The molecule has 30 heavy (non-hydrogen) atoms. The highest BCUT2D eigenvalue weighted by atomic mass is 32.2. The van der Waals surface area contributed by atoms with Gasteiger partial charge in [0.1, 0.15) is 16.9 Å². The molecule has 152 valence electrons. The van der Waals surface area contributed by atoms with Crippen molar-refractivity contribution in [3.05, 3.63) is 89.7 Å². The van der Waals surface area contributed by atoms with E-state index in [4.69, 9.17) is 4.74 Å². The van der Waals surface area contributed by atoms with Crippen LogP contribution in [0.3, 0.4) is 0 Å². The molecule has 0 bridgehead atoms. The predicted octanol–water partition coefficient (Wildman–Crippen LogP) is 4.87. The van der Waals surface area contributed by atoms with Crippen LogP contribution in [0, 0.1) is 5.82 Å². The molecule has 3 aromatic carbocycles. The number of nitrogens with one attached hydrogen (secondary N) is 1. The largest absolute Gasteiger partial charge is 0.497 e. The number of halogens is 1. The number of rotatable bonds is 5. The lowest BCUT2D eigenvalue weighted by molar-refractivity contribution is -0.115. The smallest absolute Gasteiger partial charge is 0.255 e. The summed E-state index contributed by atoms with van der Waals surface area (Å²) >= 11 is 1.51. The maximum Gasteiger partial charge on any atom is 0.255 e. The van der Waals surface area contributed by atoms with Gasteiger partial charge in [0.2, 0.25) is 5.91 Å². The summed E-state index contributed by atoms with van der Waals surface area (Å²) in [6.07, 6.45) is 0. The van der Waals surface area contributed by atoms with Gasteiger partial charge in [-0.05, 0) is 66.2 Å². The fourth-order valence-corrected chi connectivity index (χ4v) is 4.41. The lowest BCUT2D eigenvalue weighted by Gasteiger charge is -2.24. The van der Waals surface area contributed by atoms with Crippen LogP contribution < -0.4 is 15.0 Å². The molecule has 2 amide bonds. The molecule has 7 heteroatoms. The monoisotopic (exact) mass is 422 g/mol. The summed E-state index contributed by atoms with van der Waals surface area (Å²) in [5.74, 6) is 0.465. The summed E-state index contributed by atoms with van der Waals surface area (Å²) in [7, 11) is 1.57. The van der Waals surface area contributed by atoms with Crippen LogP contribution in [0.15, 0.2) is 72.8 Å². The Balaban J connectivity index is 1.49. The van der Waals surface area contributed by atoms with Gasteiger partial charge in [0.25, 0.3) is 5.91 Å². The highest BCUT2D eigenvalue weighted by molar-refractivity contribution is 8.00. The van der Waals surface area contributed by atoms with Crippen LogP contribution in [0.5, 0.6) is 5.75 Å². The minimum atomic E-state index is -0.341. The molecule has 1 fully saturated rings. The van der Waals surface area contributed by atoms with Gasteiger partial charge >= 0.3 is 0 Å². The number of hydrogen-bond donors (Lipinski definition) is 1. The van der Waals surface area contributed by atoms with Crippen LogP contribution in [-0.4, -0.2) is 24.7 Å². The van der Waals surface area contributed by atoms with E-state index in [9.17, 15) is 14.0 Å². The van der Waals surface area contributed by atoms with Crippen molar-refractivity contribution >= 4 is 35.0 Å². The second-order valence-electron chi connectivity index (χ2n) is 6.71. The van der Waals surface area contributed by atoms with Crippen molar-refractivity contribution in [2.45, 2.75) is 5.37 Å². The number of methoxy groups -OCH3 is 1. The molecule has 0 spiro atoms. The lowest BCUT2D eigenvalue weighted by atomic mass is 10.1. The molecule has 0 saturated carbocycles. The number of nitrogens with zero attached hydrogens (tertiary/aromatic N) is 1. The van der Waals surface area contributed by atoms with Crippen LogP contribution in [0.25, 0.3) is 0 Å². The highest BCUT2D eigenvalue weighted by Gasteiger charge is 2.34. The second-order valence-corrected chi connectivity index (χ2v) is 7.78. The van der Waals surface area contributed by atoms with E-state index in [1.807, 2.05) is 24.3 Å². The van der Waals surface area contributed by atoms with Crippen LogP contribution in [0.2, 0.25) is 0 Å². The van der Waals surface area contributed by atoms with Gasteiger partial charge in [0, 0.05) is 16.9 Å². The van der Waals surface area contributed by atoms with Crippen molar-refractivity contribution in [2.75, 3.05) is 23.1 Å². The van der Waals surface area contributed by atoms with E-state index < -0.39 is 0 Å². The molecule has 0 aliphatic carbocycles. The van der Waals surface area contributed by atoms with Gasteiger partial charge < -0.3 is 10.1 Å². The molecule has 0 aromatic heterocycles. The number of carbonyl (C=O) groups excluding carboxylic acids is 2. The third kappa shape index (κ3) is 4.16. The average Bonchev–Trinajstić information content (AvgIpc) is 3.16. The average molecular weight is 422 g/mol. The summed E-state index contributed by atoms with van der Waals surface area (Å²) in [6.45, 7) is 0. The zero-order valence-electron chi connectivity index (χ0n) is 16.2. The third-order valence-electron chi connectivity index (χ3n) is 4.78. The van der Waals surface area contributed by atoms with Crippen molar-refractivity contribution in [3.8, 4) is 5.75 Å². The van der Waals surface area contributed by atoms with Crippen LogP contribution in [0.4, 0.5) is 15.8 Å². The van der Waals surface area contributed by atoms with E-state index in [-0.39, 0.29) is 23.0 Å². The minimum Gasteiger partial charge on any atom is -0.497 e. The lowest BCUT2D eigenvalue weighted by Crippen LogP contribution is -2.27. The number of thioether (sulfide) groups is 1. The molecular weight excluding hydrogens is 403 g/mol. The van der Waals surface area contributed by atoms with E-state index in [0.717, 1.165) is 5.56 Å². The van der Waals surface area contributed by atoms with Gasteiger partial charge in [0.05, 0.1) is 12.9 Å². The first-order chi connectivity index (χ1) is 14.5. The standard InChI is InChI=1S/C23H19FN2O3S/c1-29-20-12-4-15(5-13-20)22(28)25-18-8-2-16(3-9-18)23-26(21(27)14-30-23)19-10-6-17(24)7-11-19/h2-13,23H,14H2,1H3,(H,25,28)/t23-/m1/s1. The fraction of sp³-hybridized carbons (Fsp3) is 0.130. The number of ether oxygens (including phenoxy) is 1. The Morgan fingerprint density at radius 3 is 2.33 bits per heavy atom. The number of hydrogen-bond acceptors (Lipinski definition) is 4. The molecule has 1 saturated heterocycles. The van der Waals surface area contributed by atoms with Crippen molar-refractivity contribution < 1.29 is 18.7 Å². The molecule has 0 unspecified atom stereocenters. The van der Waals surface area contributed by atoms with Gasteiger partial charge in [-0.15, -0.1) is 11.8 Å². The first kappa shape index (κ1) is 20.0. The number of amides is 2. The normalized spacial score (nSPS) is 15.9. The maximum atomic E-state index is 13.3. The van der Waals surface area contributed by atoms with Gasteiger partial charge in [0.15, 0.2) is 0 Å². The molecule has 5 nitrogen and oxygen atoms in total. The first-order valence-electron chi connectivity index (χ1n) is 9.30. The number of anilines is 2. The molecule has 1 aliphatic heterocycles. The van der Waals surface area contributed by atoms with Gasteiger partial charge in [-0.25, -0.2) is 4.39 Å². The molecule has 1 N–H and O–H groups in total. The highest BCUT2D eigenvalue weighted by Crippen LogP contribution is 2.41. The molecule has 4 rings (SSSR count). The summed E-state index contributed by atoms with van der Waals surface area (Å²) in [5, 5.41) is 2.66. The summed E-state index contributed by atoms with van der Waals surface area (Å²) in [6, 6.07) is 20.2. The SMILES string of the molecule is COc1ccc(C(=O)Nc2ccc([C@H]3SCC(=O)N3c3ccc(F)cc3)cc2)cc1. The van der Waals surface area contributed by atoms with E-state index in [1.54, 1.807) is 48.4 Å². The van der Waals surface area contributed by atoms with Gasteiger partial charge in [-0.1, -0.05) is 12.1 Å². The quantitative estimate of drug-likeness (QED) is 0.638. The molecular formula is C23H19FN2O3S. The maximum absolute atomic E-state index is 13.3. The molecule has 0 radical (unpaired) electrons. The fourth-order valence-electron chi connectivity index (χ4n) is 3.23. The molecule has 3 aromatic rings. The van der Waals surface area contributed by atoms with Crippen LogP contribution in [-0.2, 0) is 4.79 Å². The van der Waals surface area contributed by atoms with Crippen molar-refractivity contribution in [2.24, 2.45) is 0 Å². The van der Waals surface area contributed by atoms with E-state index in [2.05, 4.69) is 5.32 Å². The Morgan fingerprint density at radius 1 is 1.03 bits per heavy atom. The second kappa shape index (κ2) is 8.59. The molecule has 1 heterocycles. The third-order valence-corrected chi connectivity index (χ3v) is 5.99. The Bertz CT molecular complexity index is 1050. The van der Waals surface area contributed by atoms with Gasteiger partial charge in [-0.3, -0.25) is 14.5 Å². The first-order valence-corrected chi connectivity index (χ1v) is 10.3. The number of benzene rings is 3. The van der Waals surface area contributed by atoms with Crippen LogP contribution >= 0.6 is 11.8 Å². The minimum absolute atomic E-state index is 0.0199. The van der Waals surface area contributed by atoms with Gasteiger partial charge in [-0.2, -0.15) is 0 Å². The van der Waals surface area contributed by atoms with E-state index >= 15 is 0 Å². The molecule has 1 atom stereocenters. The molecule has 1 aliphatic rings. The summed E-state index contributed by atoms with van der Waals surface area (Å²) in [4.78, 5) is 26.5. The topological polar surface area (TPSA) is 58.6 Å². The zero-order valence-corrected chi connectivity index (χ0v) is 17.0. The van der Waals surface area contributed by atoms with Crippen molar-refractivity contribution in [1.29, 1.82) is 0 Å². The van der Waals surface area contributed by atoms with E-state index in [1.165, 1.54) is 23.9 Å². The summed E-state index contributed by atoms with van der Waals surface area (Å²) in [5.41, 5.74) is 2.77. The zero-order chi connectivity index (χ0) is 21.1. The van der Waals surface area contributed by atoms with Crippen molar-refractivity contribution in [3.63, 3.8) is 0 Å².